The van der Waals surface area contributed by atoms with Gasteiger partial charge in [0.05, 0.1) is 11.2 Å². The molecule has 2 aliphatic heterocycles. The highest BCUT2D eigenvalue weighted by molar-refractivity contribution is 6.47. The number of fused-ring (bicyclic) bond motifs is 1. The molecule has 0 aromatic carbocycles. The predicted molar refractivity (Wildman–Crippen MR) is 98.5 cm³/mol. The summed E-state index contributed by atoms with van der Waals surface area (Å²) in [6, 6.07) is 0.313. The van der Waals surface area contributed by atoms with E-state index < -0.39 is 5.60 Å². The average Bonchev–Trinajstić information content (AvgIpc) is 2.95. The lowest BCUT2D eigenvalue weighted by Crippen LogP contribution is -2.44. The van der Waals surface area contributed by atoms with Crippen molar-refractivity contribution in [2.45, 2.75) is 103 Å². The van der Waals surface area contributed by atoms with Gasteiger partial charge in [-0.1, -0.05) is 6.42 Å². The Hall–Kier alpha value is -0.745. The van der Waals surface area contributed by atoms with E-state index >= 15 is 0 Å². The first-order valence-electron chi connectivity index (χ1n) is 9.75. The number of rotatable bonds is 1. The van der Waals surface area contributed by atoms with Crippen LogP contribution in [0.15, 0.2) is 0 Å². The summed E-state index contributed by atoms with van der Waals surface area (Å²) in [5.41, 5.74) is -0.978. The lowest BCUT2D eigenvalue weighted by atomic mass is 9.61. The molecule has 3 atom stereocenters. The van der Waals surface area contributed by atoms with E-state index in [0.29, 0.717) is 17.8 Å². The summed E-state index contributed by atoms with van der Waals surface area (Å²) in [6.45, 7) is 15.0. The molecule has 2 heterocycles. The van der Waals surface area contributed by atoms with Crippen molar-refractivity contribution < 1.29 is 18.8 Å². The second-order valence-corrected chi connectivity index (χ2v) is 9.99. The van der Waals surface area contributed by atoms with Gasteiger partial charge in [-0.15, -0.1) is 0 Å². The molecule has 0 bridgehead atoms. The van der Waals surface area contributed by atoms with E-state index in [0.717, 1.165) is 32.2 Å². The maximum atomic E-state index is 12.5. The molecule has 1 aliphatic carbocycles. The Morgan fingerprint density at radius 2 is 1.68 bits per heavy atom. The fourth-order valence-electron chi connectivity index (χ4n) is 4.35. The second-order valence-electron chi connectivity index (χ2n) is 9.99. The molecule has 25 heavy (non-hydrogen) atoms. The molecule has 0 aromatic rings. The largest absolute Gasteiger partial charge is 0.461 e. The number of hydrogen-bond acceptors (Lipinski definition) is 4. The van der Waals surface area contributed by atoms with E-state index in [1.54, 1.807) is 0 Å². The van der Waals surface area contributed by atoms with Crippen LogP contribution in [0.25, 0.3) is 0 Å². The second kappa shape index (κ2) is 6.16. The molecule has 1 amide bonds. The van der Waals surface area contributed by atoms with E-state index in [1.165, 1.54) is 0 Å². The quantitative estimate of drug-likeness (QED) is 0.663. The third-order valence-electron chi connectivity index (χ3n) is 6.41. The minimum atomic E-state index is -0.435. The minimum Gasteiger partial charge on any atom is -0.444 e. The topological polar surface area (TPSA) is 48.0 Å². The smallest absolute Gasteiger partial charge is 0.444 e. The highest BCUT2D eigenvalue weighted by Gasteiger charge is 2.55. The summed E-state index contributed by atoms with van der Waals surface area (Å²) in [4.78, 5) is 14.4. The summed E-state index contributed by atoms with van der Waals surface area (Å²) in [5.74, 6) is 0.950. The van der Waals surface area contributed by atoms with Crippen LogP contribution in [-0.4, -0.2) is 47.5 Å². The van der Waals surface area contributed by atoms with Crippen molar-refractivity contribution in [2.24, 2.45) is 5.92 Å². The molecule has 0 unspecified atom stereocenters. The molecule has 0 radical (unpaired) electrons. The average molecular weight is 351 g/mol. The summed E-state index contributed by atoms with van der Waals surface area (Å²) < 4.78 is 18.1. The van der Waals surface area contributed by atoms with Gasteiger partial charge in [0.15, 0.2) is 0 Å². The number of carbonyl (C=O) groups excluding carboxylic acids is 1. The van der Waals surface area contributed by atoms with Gasteiger partial charge in [0.1, 0.15) is 5.60 Å². The van der Waals surface area contributed by atoms with Crippen LogP contribution in [0.3, 0.4) is 0 Å². The highest BCUT2D eigenvalue weighted by atomic mass is 16.7. The minimum absolute atomic E-state index is 0.124. The lowest BCUT2D eigenvalue weighted by molar-refractivity contribution is 0.00578. The van der Waals surface area contributed by atoms with Crippen molar-refractivity contribution >= 4 is 13.2 Å². The molecule has 0 aromatic heterocycles. The van der Waals surface area contributed by atoms with Crippen molar-refractivity contribution in [3.8, 4) is 0 Å². The Bertz CT molecular complexity index is 512. The first-order valence-corrected chi connectivity index (χ1v) is 9.75. The van der Waals surface area contributed by atoms with Crippen LogP contribution in [0.2, 0.25) is 5.82 Å². The standard InChI is InChI=1S/C19H34BNO4/c1-17(2,3)23-16(22)21-11-10-13-12-14(8-9-15(13)21)20-24-18(4,5)19(6,7)25-20/h13-15H,8-12H2,1-7H3/t13-,14-,15+/m0/s1. The van der Waals surface area contributed by atoms with Crippen LogP contribution in [0.1, 0.15) is 74.1 Å². The zero-order chi connectivity index (χ0) is 18.6. The van der Waals surface area contributed by atoms with Crippen LogP contribution in [0.5, 0.6) is 0 Å². The van der Waals surface area contributed by atoms with E-state index in [2.05, 4.69) is 27.7 Å². The molecule has 5 nitrogen and oxygen atoms in total. The molecule has 3 rings (SSSR count). The molecule has 6 heteroatoms. The molecule has 2 saturated heterocycles. The zero-order valence-electron chi connectivity index (χ0n) is 16.9. The van der Waals surface area contributed by atoms with Crippen molar-refractivity contribution in [3.63, 3.8) is 0 Å². The third kappa shape index (κ3) is 3.70. The number of ether oxygens (including phenoxy) is 1. The van der Waals surface area contributed by atoms with Gasteiger partial charge in [-0.2, -0.15) is 0 Å². The first kappa shape index (κ1) is 19.0. The molecule has 3 aliphatic rings. The fraction of sp³-hybridized carbons (Fsp3) is 0.947. The van der Waals surface area contributed by atoms with Gasteiger partial charge in [0, 0.05) is 12.6 Å². The van der Waals surface area contributed by atoms with Crippen LogP contribution in [0.4, 0.5) is 4.79 Å². The van der Waals surface area contributed by atoms with E-state index in [1.807, 2.05) is 25.7 Å². The number of likely N-dealkylation sites (tertiary alicyclic amines) is 1. The maximum Gasteiger partial charge on any atom is 0.461 e. The van der Waals surface area contributed by atoms with Crippen molar-refractivity contribution in [3.05, 3.63) is 0 Å². The summed E-state index contributed by atoms with van der Waals surface area (Å²) in [7, 11) is -0.124. The van der Waals surface area contributed by atoms with Crippen LogP contribution < -0.4 is 0 Å². The van der Waals surface area contributed by atoms with Crippen LogP contribution >= 0.6 is 0 Å². The van der Waals surface area contributed by atoms with Crippen molar-refractivity contribution in [2.75, 3.05) is 6.54 Å². The number of carbonyl (C=O) groups is 1. The Morgan fingerprint density at radius 1 is 1.08 bits per heavy atom. The normalized spacial score (nSPS) is 34.1. The van der Waals surface area contributed by atoms with Gasteiger partial charge in [0.2, 0.25) is 0 Å². The SMILES string of the molecule is CC(C)(C)OC(=O)N1CC[C@H]2C[C@@H](B3OC(C)(C)C(C)(C)O3)CC[C@H]21. The predicted octanol–water partition coefficient (Wildman–Crippen LogP) is 4.26. The summed E-state index contributed by atoms with van der Waals surface area (Å²) in [5, 5.41) is 0. The van der Waals surface area contributed by atoms with Gasteiger partial charge in [-0.05, 0) is 79.5 Å². The Balaban J connectivity index is 1.61. The molecule has 142 valence electrons. The Labute approximate surface area is 152 Å². The van der Waals surface area contributed by atoms with Crippen molar-refractivity contribution in [1.82, 2.24) is 4.90 Å². The van der Waals surface area contributed by atoms with Gasteiger partial charge in [-0.3, -0.25) is 0 Å². The molecular weight excluding hydrogens is 317 g/mol. The van der Waals surface area contributed by atoms with E-state index in [9.17, 15) is 4.79 Å². The Morgan fingerprint density at radius 3 is 2.24 bits per heavy atom. The number of hydrogen-bond donors (Lipinski definition) is 0. The van der Waals surface area contributed by atoms with Gasteiger partial charge >= 0.3 is 13.2 Å². The van der Waals surface area contributed by atoms with Gasteiger partial charge < -0.3 is 18.9 Å². The highest BCUT2D eigenvalue weighted by Crippen LogP contribution is 2.48. The molecule has 1 saturated carbocycles. The molecule has 0 N–H and O–H groups in total. The third-order valence-corrected chi connectivity index (χ3v) is 6.41. The molecule has 3 fully saturated rings. The number of amides is 1. The van der Waals surface area contributed by atoms with Crippen LogP contribution in [0, 0.1) is 5.92 Å². The molecular formula is C19H34BNO4. The van der Waals surface area contributed by atoms with E-state index in [-0.39, 0.29) is 24.4 Å². The summed E-state index contributed by atoms with van der Waals surface area (Å²) >= 11 is 0. The van der Waals surface area contributed by atoms with Gasteiger partial charge in [-0.25, -0.2) is 4.79 Å². The Kier molecular flexibility index (Phi) is 4.69. The van der Waals surface area contributed by atoms with Crippen molar-refractivity contribution in [1.29, 1.82) is 0 Å². The van der Waals surface area contributed by atoms with Crippen LogP contribution in [-0.2, 0) is 14.0 Å². The monoisotopic (exact) mass is 351 g/mol. The number of nitrogens with zero attached hydrogens (tertiary/aromatic N) is 1. The zero-order valence-corrected chi connectivity index (χ0v) is 16.9. The first-order chi connectivity index (χ1) is 11.4. The lowest BCUT2D eigenvalue weighted by Gasteiger charge is -2.36. The summed E-state index contributed by atoms with van der Waals surface area (Å²) in [6.07, 6.45) is 4.02. The van der Waals surface area contributed by atoms with Gasteiger partial charge in [0.25, 0.3) is 0 Å². The van der Waals surface area contributed by atoms with E-state index in [4.69, 9.17) is 14.0 Å². The maximum absolute atomic E-state index is 12.5. The fourth-order valence-corrected chi connectivity index (χ4v) is 4.35. The molecule has 0 spiro atoms.